The number of aryl methyl sites for hydroxylation is 1. The van der Waals surface area contributed by atoms with Crippen molar-refractivity contribution in [3.05, 3.63) is 40.6 Å². The Balaban J connectivity index is 0.00000208. The van der Waals surface area contributed by atoms with E-state index in [0.717, 1.165) is 25.7 Å². The summed E-state index contributed by atoms with van der Waals surface area (Å²) in [4.78, 5) is 12.7. The Morgan fingerprint density at radius 3 is 2.62 bits per heavy atom. The third-order valence-electron chi connectivity index (χ3n) is 4.33. The van der Waals surface area contributed by atoms with Crippen molar-refractivity contribution < 1.29 is 9.32 Å². The van der Waals surface area contributed by atoms with Crippen LogP contribution in [0.1, 0.15) is 41.8 Å². The number of nitrogens with one attached hydrogen (secondary N) is 1. The van der Waals surface area contributed by atoms with Gasteiger partial charge in [0, 0.05) is 17.6 Å². The van der Waals surface area contributed by atoms with Gasteiger partial charge in [-0.15, -0.1) is 12.4 Å². The third kappa shape index (κ3) is 3.91. The second-order valence-electron chi connectivity index (χ2n) is 6.03. The summed E-state index contributed by atoms with van der Waals surface area (Å²) in [6, 6.07) is 7.69. The number of nitrogens with two attached hydrogens (primary N) is 1. The average molecular weight is 370 g/mol. The summed E-state index contributed by atoms with van der Waals surface area (Å²) in [5, 5.41) is 7.65. The molecule has 1 amide bonds. The van der Waals surface area contributed by atoms with Gasteiger partial charge in [0.25, 0.3) is 5.91 Å². The van der Waals surface area contributed by atoms with Crippen molar-refractivity contribution in [2.45, 2.75) is 44.7 Å². The van der Waals surface area contributed by atoms with E-state index in [1.807, 2.05) is 18.2 Å². The van der Waals surface area contributed by atoms with Gasteiger partial charge in [0.2, 0.25) is 0 Å². The van der Waals surface area contributed by atoms with Crippen LogP contribution in [0.15, 0.2) is 28.8 Å². The van der Waals surface area contributed by atoms with Crippen molar-refractivity contribution in [3.8, 4) is 11.3 Å². The summed E-state index contributed by atoms with van der Waals surface area (Å²) < 4.78 is 5.24. The first kappa shape index (κ1) is 18.8. The first-order valence-corrected chi connectivity index (χ1v) is 8.21. The first-order chi connectivity index (χ1) is 11.1. The highest BCUT2D eigenvalue weighted by Crippen LogP contribution is 2.31. The second-order valence-corrected chi connectivity index (χ2v) is 6.43. The summed E-state index contributed by atoms with van der Waals surface area (Å²) in [5.41, 5.74) is 7.54. The lowest BCUT2D eigenvalue weighted by molar-refractivity contribution is 0.0925. The highest BCUT2D eigenvalue weighted by molar-refractivity contribution is 6.33. The Morgan fingerprint density at radius 1 is 1.29 bits per heavy atom. The van der Waals surface area contributed by atoms with E-state index in [2.05, 4.69) is 10.5 Å². The van der Waals surface area contributed by atoms with Gasteiger partial charge < -0.3 is 15.6 Å². The highest BCUT2D eigenvalue weighted by Gasteiger charge is 2.26. The third-order valence-corrected chi connectivity index (χ3v) is 4.66. The van der Waals surface area contributed by atoms with E-state index in [4.69, 9.17) is 21.9 Å². The average Bonchev–Trinajstić information content (AvgIpc) is 2.91. The Kier molecular flexibility index (Phi) is 6.27. The molecular formula is C17H21Cl2N3O2. The summed E-state index contributed by atoms with van der Waals surface area (Å²) in [7, 11) is 0. The maximum Gasteiger partial charge on any atom is 0.257 e. The van der Waals surface area contributed by atoms with Crippen LogP contribution >= 0.6 is 24.0 Å². The van der Waals surface area contributed by atoms with Gasteiger partial charge in [-0.3, -0.25) is 4.79 Å². The monoisotopic (exact) mass is 369 g/mol. The Labute approximate surface area is 152 Å². The van der Waals surface area contributed by atoms with Crippen LogP contribution < -0.4 is 11.1 Å². The van der Waals surface area contributed by atoms with E-state index < -0.39 is 0 Å². The number of benzene rings is 1. The molecule has 3 N–H and O–H groups in total. The molecule has 24 heavy (non-hydrogen) atoms. The van der Waals surface area contributed by atoms with Crippen LogP contribution in [0.5, 0.6) is 0 Å². The van der Waals surface area contributed by atoms with Gasteiger partial charge in [0.05, 0.1) is 5.02 Å². The zero-order valence-electron chi connectivity index (χ0n) is 13.4. The van der Waals surface area contributed by atoms with Gasteiger partial charge in [0.1, 0.15) is 17.0 Å². The second kappa shape index (κ2) is 8.01. The molecule has 0 saturated heterocycles. The maximum absolute atomic E-state index is 12.7. The Morgan fingerprint density at radius 2 is 1.96 bits per heavy atom. The fraction of sp³-hybridized carbons (Fsp3) is 0.412. The van der Waals surface area contributed by atoms with Gasteiger partial charge in [-0.25, -0.2) is 0 Å². The summed E-state index contributed by atoms with van der Waals surface area (Å²) in [6.45, 7) is 1.74. The molecule has 1 heterocycles. The number of carbonyl (C=O) groups is 1. The van der Waals surface area contributed by atoms with E-state index in [1.54, 1.807) is 13.0 Å². The SMILES string of the molecule is Cc1onc(-c2ccccc2Cl)c1C(=O)NC1CCC(N)CC1.Cl. The summed E-state index contributed by atoms with van der Waals surface area (Å²) in [6.07, 6.45) is 3.67. The molecule has 130 valence electrons. The fourth-order valence-electron chi connectivity index (χ4n) is 3.00. The van der Waals surface area contributed by atoms with Crippen molar-refractivity contribution in [2.75, 3.05) is 0 Å². The number of hydrogen-bond acceptors (Lipinski definition) is 4. The molecule has 0 bridgehead atoms. The molecule has 1 aliphatic carbocycles. The summed E-state index contributed by atoms with van der Waals surface area (Å²) in [5.74, 6) is 0.323. The van der Waals surface area contributed by atoms with Crippen LogP contribution in [0.3, 0.4) is 0 Å². The van der Waals surface area contributed by atoms with E-state index in [1.165, 1.54) is 0 Å². The largest absolute Gasteiger partial charge is 0.360 e. The number of halogens is 2. The molecule has 3 rings (SSSR count). The normalized spacial score (nSPS) is 20.3. The van der Waals surface area contributed by atoms with Crippen molar-refractivity contribution in [3.63, 3.8) is 0 Å². The quantitative estimate of drug-likeness (QED) is 0.863. The lowest BCUT2D eigenvalue weighted by Crippen LogP contribution is -2.40. The molecule has 1 aromatic carbocycles. The lowest BCUT2D eigenvalue weighted by Gasteiger charge is -2.26. The van der Waals surface area contributed by atoms with Crippen molar-refractivity contribution in [1.82, 2.24) is 10.5 Å². The molecule has 1 aliphatic rings. The fourth-order valence-corrected chi connectivity index (χ4v) is 3.22. The number of aromatic nitrogens is 1. The Hall–Kier alpha value is -1.56. The predicted molar refractivity (Wildman–Crippen MR) is 96.6 cm³/mol. The number of hydrogen-bond donors (Lipinski definition) is 2. The molecule has 2 aromatic rings. The lowest BCUT2D eigenvalue weighted by atomic mass is 9.91. The molecule has 5 nitrogen and oxygen atoms in total. The Bertz CT molecular complexity index is 710. The van der Waals surface area contributed by atoms with Gasteiger partial charge in [-0.2, -0.15) is 0 Å². The number of rotatable bonds is 3. The van der Waals surface area contributed by atoms with Crippen LogP contribution in [0, 0.1) is 6.92 Å². The molecule has 1 aromatic heterocycles. The molecule has 0 atom stereocenters. The van der Waals surface area contributed by atoms with Crippen molar-refractivity contribution in [2.24, 2.45) is 5.73 Å². The van der Waals surface area contributed by atoms with Crippen molar-refractivity contribution >= 4 is 29.9 Å². The maximum atomic E-state index is 12.7. The molecule has 0 unspecified atom stereocenters. The first-order valence-electron chi connectivity index (χ1n) is 7.84. The number of carbonyl (C=O) groups excluding carboxylic acids is 1. The number of amides is 1. The van der Waals surface area contributed by atoms with Gasteiger partial charge in [-0.1, -0.05) is 35.0 Å². The molecule has 7 heteroatoms. The minimum absolute atomic E-state index is 0. The van der Waals surface area contributed by atoms with Crippen molar-refractivity contribution in [1.29, 1.82) is 0 Å². The standard InChI is InChI=1S/C17H20ClN3O2.ClH/c1-10-15(17(22)20-12-8-6-11(19)7-9-12)16(21-23-10)13-4-2-3-5-14(13)18;/h2-5,11-12H,6-9,19H2,1H3,(H,20,22);1H. The summed E-state index contributed by atoms with van der Waals surface area (Å²) >= 11 is 6.23. The predicted octanol–water partition coefficient (Wildman–Crippen LogP) is 3.72. The molecule has 1 fully saturated rings. The van der Waals surface area contributed by atoms with Crippen LogP contribution in [0.2, 0.25) is 5.02 Å². The van der Waals surface area contributed by atoms with Gasteiger partial charge in [0.15, 0.2) is 0 Å². The topological polar surface area (TPSA) is 81.2 Å². The molecule has 0 radical (unpaired) electrons. The molecule has 1 saturated carbocycles. The van der Waals surface area contributed by atoms with Crippen LogP contribution in [0.25, 0.3) is 11.3 Å². The minimum atomic E-state index is -0.167. The van der Waals surface area contributed by atoms with E-state index in [0.29, 0.717) is 27.6 Å². The van der Waals surface area contributed by atoms with Gasteiger partial charge >= 0.3 is 0 Å². The minimum Gasteiger partial charge on any atom is -0.360 e. The van der Waals surface area contributed by atoms with Crippen LogP contribution in [-0.2, 0) is 0 Å². The smallest absolute Gasteiger partial charge is 0.257 e. The molecule has 0 spiro atoms. The zero-order valence-corrected chi connectivity index (χ0v) is 15.0. The van der Waals surface area contributed by atoms with Crippen LogP contribution in [-0.4, -0.2) is 23.1 Å². The van der Waals surface area contributed by atoms with Gasteiger partial charge in [-0.05, 0) is 38.7 Å². The van der Waals surface area contributed by atoms with E-state index in [-0.39, 0.29) is 30.4 Å². The number of nitrogens with zero attached hydrogens (tertiary/aromatic N) is 1. The molecular weight excluding hydrogens is 349 g/mol. The van der Waals surface area contributed by atoms with E-state index >= 15 is 0 Å². The van der Waals surface area contributed by atoms with E-state index in [9.17, 15) is 4.79 Å². The molecule has 0 aliphatic heterocycles. The highest BCUT2D eigenvalue weighted by atomic mass is 35.5. The van der Waals surface area contributed by atoms with Crippen LogP contribution in [0.4, 0.5) is 0 Å². The zero-order chi connectivity index (χ0) is 16.4.